The highest BCUT2D eigenvalue weighted by Gasteiger charge is 2.23. The molecule has 2 rings (SSSR count). The summed E-state index contributed by atoms with van der Waals surface area (Å²) in [4.78, 5) is 15.7. The van der Waals surface area contributed by atoms with Gasteiger partial charge >= 0.3 is 5.97 Å². The summed E-state index contributed by atoms with van der Waals surface area (Å²) in [5, 5.41) is 9.12. The second-order valence-corrected chi connectivity index (χ2v) is 6.08. The van der Waals surface area contributed by atoms with Crippen LogP contribution in [0.1, 0.15) is 29.9 Å². The lowest BCUT2D eigenvalue weighted by atomic mass is 10.0. The Kier molecular flexibility index (Phi) is 4.81. The molecule has 116 valence electrons. The summed E-state index contributed by atoms with van der Waals surface area (Å²) >= 11 is 1.38. The number of carbonyl (C=O) groups is 1. The number of pyridine rings is 1. The molecule has 1 N–H and O–H groups in total. The molecule has 0 spiro atoms. The third-order valence-electron chi connectivity index (χ3n) is 3.08. The average Bonchev–Trinajstić information content (AvgIpc) is 2.46. The molecule has 3 nitrogen and oxygen atoms in total. The van der Waals surface area contributed by atoms with Gasteiger partial charge in [0.25, 0.3) is 5.92 Å². The zero-order valence-electron chi connectivity index (χ0n) is 12.1. The molecule has 1 aromatic heterocycles. The number of aromatic carboxylic acids is 1. The van der Waals surface area contributed by atoms with Crippen molar-refractivity contribution in [1.82, 2.24) is 4.98 Å². The first-order valence-corrected chi connectivity index (χ1v) is 7.66. The van der Waals surface area contributed by atoms with Gasteiger partial charge < -0.3 is 5.11 Å². The molecule has 0 saturated heterocycles. The van der Waals surface area contributed by atoms with Gasteiger partial charge in [0.2, 0.25) is 0 Å². The van der Waals surface area contributed by atoms with E-state index in [-0.39, 0.29) is 11.3 Å². The molecular weight excluding hydrogens is 308 g/mol. The van der Waals surface area contributed by atoms with Crippen molar-refractivity contribution in [3.63, 3.8) is 0 Å². The Balaban J connectivity index is 2.40. The molecule has 0 aliphatic heterocycles. The number of hydrogen-bond donors (Lipinski definition) is 1. The minimum absolute atomic E-state index is 0.00677. The summed E-state index contributed by atoms with van der Waals surface area (Å²) in [5.74, 6) is -3.25. The van der Waals surface area contributed by atoms with Crippen molar-refractivity contribution < 1.29 is 18.7 Å². The van der Waals surface area contributed by atoms with Crippen molar-refractivity contribution >= 4 is 17.7 Å². The van der Waals surface area contributed by atoms with Crippen LogP contribution in [0.4, 0.5) is 8.78 Å². The number of thioether (sulfide) groups is 1. The van der Waals surface area contributed by atoms with Gasteiger partial charge in [-0.1, -0.05) is 31.2 Å². The van der Waals surface area contributed by atoms with E-state index in [1.807, 2.05) is 6.92 Å². The zero-order chi connectivity index (χ0) is 16.3. The number of halogens is 2. The molecule has 0 aliphatic rings. The van der Waals surface area contributed by atoms with Gasteiger partial charge in [0, 0.05) is 29.1 Å². The van der Waals surface area contributed by atoms with Crippen LogP contribution < -0.4 is 0 Å². The zero-order valence-corrected chi connectivity index (χ0v) is 13.0. The molecule has 0 bridgehead atoms. The lowest BCUT2D eigenvalue weighted by Gasteiger charge is -2.12. The van der Waals surface area contributed by atoms with Gasteiger partial charge in [-0.05, 0) is 17.4 Å². The molecule has 6 heteroatoms. The van der Waals surface area contributed by atoms with Gasteiger partial charge in [-0.3, -0.25) is 0 Å². The second-order valence-electron chi connectivity index (χ2n) is 4.77. The van der Waals surface area contributed by atoms with Crippen LogP contribution in [-0.4, -0.2) is 21.8 Å². The van der Waals surface area contributed by atoms with Crippen molar-refractivity contribution in [3.8, 4) is 11.1 Å². The Hall–Kier alpha value is -1.95. The van der Waals surface area contributed by atoms with Crippen LogP contribution in [0.25, 0.3) is 11.1 Å². The predicted octanol–water partition coefficient (Wildman–Crippen LogP) is 4.67. The Morgan fingerprint density at radius 1 is 1.27 bits per heavy atom. The molecule has 1 heterocycles. The molecule has 0 atom stereocenters. The van der Waals surface area contributed by atoms with Crippen LogP contribution in [0.5, 0.6) is 0 Å². The van der Waals surface area contributed by atoms with Crippen molar-refractivity contribution in [2.45, 2.75) is 24.7 Å². The summed E-state index contributed by atoms with van der Waals surface area (Å²) in [6, 6.07) is 7.64. The topological polar surface area (TPSA) is 50.2 Å². The highest BCUT2D eigenvalue weighted by molar-refractivity contribution is 7.99. The highest BCUT2D eigenvalue weighted by Crippen LogP contribution is 2.31. The van der Waals surface area contributed by atoms with Crippen molar-refractivity contribution in [3.05, 3.63) is 47.8 Å². The van der Waals surface area contributed by atoms with Crippen LogP contribution in [0.3, 0.4) is 0 Å². The SMILES string of the molecule is CCSc1cc(-c2ccc(C(C)(F)F)cc2)cnc1C(=O)O. The number of carboxylic acids is 1. The number of hydrogen-bond acceptors (Lipinski definition) is 3. The summed E-state index contributed by atoms with van der Waals surface area (Å²) in [6.07, 6.45) is 1.45. The van der Waals surface area contributed by atoms with E-state index in [9.17, 15) is 13.6 Å². The molecular formula is C16H15F2NO2S. The fraction of sp³-hybridized carbons (Fsp3) is 0.250. The van der Waals surface area contributed by atoms with Gasteiger partial charge in [-0.15, -0.1) is 11.8 Å². The van der Waals surface area contributed by atoms with Crippen molar-refractivity contribution in [2.75, 3.05) is 5.75 Å². The normalized spacial score (nSPS) is 11.5. The average molecular weight is 323 g/mol. The van der Waals surface area contributed by atoms with Crippen LogP contribution in [0.15, 0.2) is 41.4 Å². The van der Waals surface area contributed by atoms with Crippen molar-refractivity contribution in [2.24, 2.45) is 0 Å². The van der Waals surface area contributed by atoms with Crippen LogP contribution in [0.2, 0.25) is 0 Å². The maximum Gasteiger partial charge on any atom is 0.355 e. The second kappa shape index (κ2) is 6.44. The van der Waals surface area contributed by atoms with Crippen molar-refractivity contribution in [1.29, 1.82) is 0 Å². The fourth-order valence-electron chi connectivity index (χ4n) is 1.98. The minimum Gasteiger partial charge on any atom is -0.476 e. The summed E-state index contributed by atoms with van der Waals surface area (Å²) in [5.41, 5.74) is 1.36. The van der Waals surface area contributed by atoms with Crippen LogP contribution >= 0.6 is 11.8 Å². The van der Waals surface area contributed by atoms with E-state index in [0.29, 0.717) is 16.2 Å². The lowest BCUT2D eigenvalue weighted by Crippen LogP contribution is -2.06. The first-order valence-electron chi connectivity index (χ1n) is 6.67. The maximum absolute atomic E-state index is 13.2. The molecule has 0 radical (unpaired) electrons. The van der Waals surface area contributed by atoms with E-state index < -0.39 is 11.9 Å². The predicted molar refractivity (Wildman–Crippen MR) is 82.6 cm³/mol. The molecule has 0 fully saturated rings. The van der Waals surface area contributed by atoms with Gasteiger partial charge in [-0.25, -0.2) is 18.6 Å². The third-order valence-corrected chi connectivity index (χ3v) is 3.99. The highest BCUT2D eigenvalue weighted by atomic mass is 32.2. The van der Waals surface area contributed by atoms with Crippen LogP contribution in [-0.2, 0) is 5.92 Å². The summed E-state index contributed by atoms with van der Waals surface area (Å²) < 4.78 is 26.4. The lowest BCUT2D eigenvalue weighted by molar-refractivity contribution is 0.0175. The molecule has 0 aliphatic carbocycles. The molecule has 2 aromatic rings. The summed E-state index contributed by atoms with van der Waals surface area (Å²) in [6.45, 7) is 2.77. The Morgan fingerprint density at radius 3 is 2.41 bits per heavy atom. The first kappa shape index (κ1) is 16.4. The first-order chi connectivity index (χ1) is 10.3. The van der Waals surface area contributed by atoms with E-state index in [2.05, 4.69) is 4.98 Å². The minimum atomic E-state index is -2.88. The number of carboxylic acid groups (broad SMARTS) is 1. The molecule has 1 aromatic carbocycles. The van der Waals surface area contributed by atoms with E-state index >= 15 is 0 Å². The Morgan fingerprint density at radius 2 is 1.91 bits per heavy atom. The number of alkyl halides is 2. The number of rotatable bonds is 5. The van der Waals surface area contributed by atoms with Crippen LogP contribution in [0, 0.1) is 0 Å². The maximum atomic E-state index is 13.2. The molecule has 22 heavy (non-hydrogen) atoms. The summed E-state index contributed by atoms with van der Waals surface area (Å²) in [7, 11) is 0. The smallest absolute Gasteiger partial charge is 0.355 e. The molecule has 0 unspecified atom stereocenters. The van der Waals surface area contributed by atoms with E-state index in [1.165, 1.54) is 30.1 Å². The van der Waals surface area contributed by atoms with Gasteiger partial charge in [0.05, 0.1) is 0 Å². The van der Waals surface area contributed by atoms with E-state index in [1.54, 1.807) is 18.2 Å². The van der Waals surface area contributed by atoms with E-state index in [4.69, 9.17) is 5.11 Å². The fourth-order valence-corrected chi connectivity index (χ4v) is 2.78. The third kappa shape index (κ3) is 3.62. The number of benzene rings is 1. The monoisotopic (exact) mass is 323 g/mol. The quantitative estimate of drug-likeness (QED) is 0.812. The van der Waals surface area contributed by atoms with Gasteiger partial charge in [-0.2, -0.15) is 0 Å². The van der Waals surface area contributed by atoms with Gasteiger partial charge in [0.1, 0.15) is 0 Å². The largest absolute Gasteiger partial charge is 0.476 e. The number of nitrogens with zero attached hydrogens (tertiary/aromatic N) is 1. The molecule has 0 saturated carbocycles. The standard InChI is InChI=1S/C16H15F2NO2S/c1-3-22-13-8-11(9-19-14(13)15(20)21)10-4-6-12(7-5-10)16(2,17)18/h4-9H,3H2,1-2H3,(H,20,21). The van der Waals surface area contributed by atoms with E-state index in [0.717, 1.165) is 12.5 Å². The number of aromatic nitrogens is 1. The Bertz CT molecular complexity index is 682. The molecule has 0 amide bonds. The Labute approximate surface area is 131 Å². The van der Waals surface area contributed by atoms with Gasteiger partial charge in [0.15, 0.2) is 5.69 Å².